The molecule has 0 aliphatic heterocycles. The molecule has 0 heterocycles. The van der Waals surface area contributed by atoms with Crippen LogP contribution in [0.2, 0.25) is 6.04 Å². The first-order valence-electron chi connectivity index (χ1n) is 3.85. The number of alkyl halides is 1. The predicted molar refractivity (Wildman–Crippen MR) is 51.5 cm³/mol. The fourth-order valence-corrected chi connectivity index (χ4v) is 3.27. The number of rotatable bonds is 6. The molecule has 0 radical (unpaired) electrons. The van der Waals surface area contributed by atoms with E-state index in [9.17, 15) is 0 Å². The lowest BCUT2D eigenvalue weighted by atomic mass is 10.3. The SMILES string of the molecule is CO[Si](C[C@H](C)CCl)(OC)OC. The van der Waals surface area contributed by atoms with E-state index in [1.54, 1.807) is 21.3 Å². The molecule has 12 heavy (non-hydrogen) atoms. The van der Waals surface area contributed by atoms with Gasteiger partial charge in [-0.2, -0.15) is 0 Å². The van der Waals surface area contributed by atoms with E-state index in [2.05, 4.69) is 0 Å². The fourth-order valence-electron chi connectivity index (χ4n) is 0.981. The average Bonchev–Trinajstić information content (AvgIpc) is 2.14. The maximum Gasteiger partial charge on any atom is 0.500 e. The van der Waals surface area contributed by atoms with E-state index in [-0.39, 0.29) is 0 Å². The Labute approximate surface area is 80.3 Å². The van der Waals surface area contributed by atoms with Crippen molar-refractivity contribution in [2.45, 2.75) is 13.0 Å². The van der Waals surface area contributed by atoms with Gasteiger partial charge in [-0.3, -0.25) is 0 Å². The first kappa shape index (κ1) is 12.4. The zero-order chi connectivity index (χ0) is 9.61. The molecule has 0 unspecified atom stereocenters. The summed E-state index contributed by atoms with van der Waals surface area (Å²) in [7, 11) is 2.45. The fraction of sp³-hybridized carbons (Fsp3) is 1.00. The molecule has 0 aromatic heterocycles. The lowest BCUT2D eigenvalue weighted by Gasteiger charge is -2.26. The van der Waals surface area contributed by atoms with E-state index in [1.807, 2.05) is 6.92 Å². The molecule has 0 spiro atoms. The van der Waals surface area contributed by atoms with Crippen molar-refractivity contribution in [2.24, 2.45) is 5.92 Å². The molecule has 0 bridgehead atoms. The smallest absolute Gasteiger partial charge is 0.377 e. The van der Waals surface area contributed by atoms with E-state index >= 15 is 0 Å². The third kappa shape index (κ3) is 3.41. The van der Waals surface area contributed by atoms with Crippen molar-refractivity contribution in [3.63, 3.8) is 0 Å². The maximum absolute atomic E-state index is 5.68. The molecule has 5 heteroatoms. The van der Waals surface area contributed by atoms with Gasteiger partial charge in [-0.05, 0) is 5.92 Å². The van der Waals surface area contributed by atoms with Crippen molar-refractivity contribution in [3.05, 3.63) is 0 Å². The molecule has 0 amide bonds. The molecule has 0 aliphatic rings. The molecule has 3 nitrogen and oxygen atoms in total. The Morgan fingerprint density at radius 1 is 1.17 bits per heavy atom. The Bertz CT molecular complexity index is 111. The van der Waals surface area contributed by atoms with Gasteiger partial charge in [-0.15, -0.1) is 11.6 Å². The lowest BCUT2D eigenvalue weighted by molar-refractivity contribution is 0.120. The van der Waals surface area contributed by atoms with Crippen molar-refractivity contribution in [1.29, 1.82) is 0 Å². The van der Waals surface area contributed by atoms with Gasteiger partial charge < -0.3 is 13.3 Å². The van der Waals surface area contributed by atoms with E-state index in [0.29, 0.717) is 11.8 Å². The molecular weight excluding hydrogens is 196 g/mol. The second kappa shape index (κ2) is 5.94. The van der Waals surface area contributed by atoms with Crippen molar-refractivity contribution in [1.82, 2.24) is 0 Å². The first-order valence-corrected chi connectivity index (χ1v) is 6.32. The van der Waals surface area contributed by atoms with Crippen molar-refractivity contribution >= 4 is 20.4 Å². The van der Waals surface area contributed by atoms with Gasteiger partial charge in [0.15, 0.2) is 0 Å². The molecule has 1 atom stereocenters. The van der Waals surface area contributed by atoms with Gasteiger partial charge in [0.25, 0.3) is 0 Å². The Morgan fingerprint density at radius 3 is 1.83 bits per heavy atom. The summed E-state index contributed by atoms with van der Waals surface area (Å²) in [5.74, 6) is 0.961. The Morgan fingerprint density at radius 2 is 1.58 bits per heavy atom. The van der Waals surface area contributed by atoms with Crippen molar-refractivity contribution < 1.29 is 13.3 Å². The zero-order valence-corrected chi connectivity index (χ0v) is 9.85. The molecular formula is C7H17ClO3Si. The minimum Gasteiger partial charge on any atom is -0.377 e. The molecule has 0 aliphatic carbocycles. The highest BCUT2D eigenvalue weighted by Crippen LogP contribution is 2.19. The summed E-state index contributed by atoms with van der Waals surface area (Å²) >= 11 is 5.68. The van der Waals surface area contributed by atoms with Crippen LogP contribution in [0.5, 0.6) is 0 Å². The van der Waals surface area contributed by atoms with Crippen LogP contribution in [0.1, 0.15) is 6.92 Å². The quantitative estimate of drug-likeness (QED) is 0.496. The third-order valence-electron chi connectivity index (χ3n) is 1.79. The van der Waals surface area contributed by atoms with E-state index in [4.69, 9.17) is 24.9 Å². The van der Waals surface area contributed by atoms with Crippen LogP contribution in [0.4, 0.5) is 0 Å². The normalized spacial score (nSPS) is 14.8. The molecule has 0 fully saturated rings. The highest BCUT2D eigenvalue weighted by Gasteiger charge is 2.38. The Kier molecular flexibility index (Phi) is 6.13. The van der Waals surface area contributed by atoms with Gasteiger partial charge in [0, 0.05) is 33.3 Å². The Hall–Kier alpha value is 0.387. The topological polar surface area (TPSA) is 27.7 Å². The molecule has 0 saturated heterocycles. The highest BCUT2D eigenvalue weighted by molar-refractivity contribution is 6.60. The summed E-state index contributed by atoms with van der Waals surface area (Å²) < 4.78 is 15.7. The van der Waals surface area contributed by atoms with Gasteiger partial charge in [0.1, 0.15) is 0 Å². The molecule has 0 aromatic carbocycles. The maximum atomic E-state index is 5.68. The van der Waals surface area contributed by atoms with E-state index in [1.165, 1.54) is 0 Å². The van der Waals surface area contributed by atoms with Crippen LogP contribution in [0.25, 0.3) is 0 Å². The van der Waals surface area contributed by atoms with E-state index < -0.39 is 8.80 Å². The van der Waals surface area contributed by atoms with Crippen LogP contribution >= 0.6 is 11.6 Å². The van der Waals surface area contributed by atoms with Crippen molar-refractivity contribution in [2.75, 3.05) is 27.2 Å². The van der Waals surface area contributed by atoms with Gasteiger partial charge in [-0.1, -0.05) is 6.92 Å². The van der Waals surface area contributed by atoms with Crippen LogP contribution < -0.4 is 0 Å². The molecule has 0 saturated carbocycles. The minimum absolute atomic E-state index is 0.359. The molecule has 0 aromatic rings. The largest absolute Gasteiger partial charge is 0.500 e. The van der Waals surface area contributed by atoms with Gasteiger partial charge in [-0.25, -0.2) is 0 Å². The summed E-state index contributed by atoms with van der Waals surface area (Å²) in [4.78, 5) is 0. The van der Waals surface area contributed by atoms with Gasteiger partial charge in [0.05, 0.1) is 0 Å². The van der Waals surface area contributed by atoms with Crippen LogP contribution in [0.3, 0.4) is 0 Å². The number of hydrogen-bond acceptors (Lipinski definition) is 3. The second-order valence-electron chi connectivity index (χ2n) is 2.76. The molecule has 0 rings (SSSR count). The zero-order valence-electron chi connectivity index (χ0n) is 8.09. The third-order valence-corrected chi connectivity index (χ3v) is 5.38. The van der Waals surface area contributed by atoms with Crippen LogP contribution in [0.15, 0.2) is 0 Å². The summed E-state index contributed by atoms with van der Waals surface area (Å²) in [6.07, 6.45) is 0. The monoisotopic (exact) mass is 212 g/mol. The summed E-state index contributed by atoms with van der Waals surface area (Å²) in [6, 6.07) is 0.764. The average molecular weight is 213 g/mol. The predicted octanol–water partition coefficient (Wildman–Crippen LogP) is 1.74. The van der Waals surface area contributed by atoms with Gasteiger partial charge >= 0.3 is 8.80 Å². The second-order valence-corrected chi connectivity index (χ2v) is 6.07. The summed E-state index contributed by atoms with van der Waals surface area (Å²) in [6.45, 7) is 2.05. The van der Waals surface area contributed by atoms with E-state index in [0.717, 1.165) is 6.04 Å². The minimum atomic E-state index is -2.39. The Balaban J connectivity index is 4.09. The van der Waals surface area contributed by atoms with Crippen LogP contribution in [-0.2, 0) is 13.3 Å². The number of halogens is 1. The standard InChI is InChI=1S/C7H17ClO3Si/c1-7(5-8)6-12(9-2,10-3)11-4/h7H,5-6H2,1-4H3/t7-/m1/s1. The summed E-state index contributed by atoms with van der Waals surface area (Å²) in [5.41, 5.74) is 0. The summed E-state index contributed by atoms with van der Waals surface area (Å²) in [5, 5.41) is 0. The highest BCUT2D eigenvalue weighted by atomic mass is 35.5. The van der Waals surface area contributed by atoms with Crippen molar-refractivity contribution in [3.8, 4) is 0 Å². The van der Waals surface area contributed by atoms with Crippen LogP contribution in [-0.4, -0.2) is 36.0 Å². The van der Waals surface area contributed by atoms with Crippen LogP contribution in [0, 0.1) is 5.92 Å². The number of hydrogen-bond donors (Lipinski definition) is 0. The van der Waals surface area contributed by atoms with Gasteiger partial charge in [0.2, 0.25) is 0 Å². The molecule has 0 N–H and O–H groups in total. The molecule has 74 valence electrons. The first-order chi connectivity index (χ1) is 5.64. The lowest BCUT2D eigenvalue weighted by Crippen LogP contribution is -2.44.